The third-order valence-corrected chi connectivity index (χ3v) is 0. The fourth-order valence-corrected chi connectivity index (χ4v) is 0. The first-order valence-corrected chi connectivity index (χ1v) is 0. The molecule has 0 saturated carbocycles. The van der Waals surface area contributed by atoms with Crippen molar-refractivity contribution >= 4 is 0 Å². The largest absolute Gasteiger partial charge is 2.00 e. The molecular formula is No2O3-6. The normalized spacial score (nSPS) is 0. The molecule has 0 aromatic heterocycles. The van der Waals surface area contributed by atoms with Gasteiger partial charge >= 0.3 is 0 Å². The minimum Gasteiger partial charge on any atom is -2.00 e. The SMILES string of the molecule is [No].[No].[O-2].[O-2].[O-2]. The summed E-state index contributed by atoms with van der Waals surface area (Å²) in [7, 11) is 0. The standard InChI is InChI=1S/2No.3O/q;;3*-2. The van der Waals surface area contributed by atoms with Gasteiger partial charge in [0.2, 0.25) is 0 Å². The Kier molecular flexibility index (Phi) is 0.147. The number of hydrogen-bond donors (Lipinski definition) is 0. The van der Waals surface area contributed by atoms with Gasteiger partial charge in [-0.05, 0) is 0 Å². The molecule has 0 spiro atoms. The van der Waals surface area contributed by atoms with Crippen molar-refractivity contribution in [1.82, 2.24) is 0 Å². The Morgan fingerprint density at radius 1 is 0.400 bits per heavy atom. The molecule has 0 aromatic rings. The third-order valence-electron chi connectivity index (χ3n) is 0. The maximum atomic E-state index is 0. The first-order valence-electron chi connectivity index (χ1n) is 0. The minimum absolute atomic E-state index is 0. The summed E-state index contributed by atoms with van der Waals surface area (Å²) >= 11 is 0. The minimum atomic E-state index is 0. The van der Waals surface area contributed by atoms with Gasteiger partial charge in [0.25, 0.3) is 0 Å². The van der Waals surface area contributed by atoms with Crippen LogP contribution in [0.5, 0.6) is 0 Å². The van der Waals surface area contributed by atoms with Crippen LogP contribution in [0.2, 0.25) is 0 Å². The Hall–Kier alpha value is -2.12. The van der Waals surface area contributed by atoms with E-state index >= 15 is 0 Å². The molecule has 0 amide bonds. The first-order chi connectivity index (χ1) is 0. The van der Waals surface area contributed by atoms with E-state index in [1.807, 2.05) is 0 Å². The van der Waals surface area contributed by atoms with Crippen LogP contribution in [0.15, 0.2) is 0 Å². The molecule has 0 unspecified atom stereocenters. The predicted molar refractivity (Wildman–Crippen MR) is 2.06 cm³/mol. The van der Waals surface area contributed by atoms with Gasteiger partial charge < -0.3 is 16.4 Å². The van der Waals surface area contributed by atoms with Crippen molar-refractivity contribution in [2.75, 3.05) is 0 Å². The fourth-order valence-electron chi connectivity index (χ4n) is 0. The van der Waals surface area contributed by atoms with E-state index in [0.29, 0.717) is 0 Å². The molecule has 0 radical (unpaired) electrons. The van der Waals surface area contributed by atoms with Crippen molar-refractivity contribution in [2.45, 2.75) is 0 Å². The van der Waals surface area contributed by atoms with Gasteiger partial charge in [0.05, 0.1) is 0 Å². The van der Waals surface area contributed by atoms with Crippen LogP contribution in [0.3, 0.4) is 0 Å². The average Bonchev–Trinajstić information content (AvgIpc) is 0. The maximum absolute atomic E-state index is 0. The zero-order chi connectivity index (χ0) is 0. The molecule has 5 heavy (non-hydrogen) atoms. The molecule has 0 rings (SSSR count). The first kappa shape index (κ1) is 2.26. The van der Waals surface area contributed by atoms with Crippen molar-refractivity contribution < 1.29 is 16.4 Å². The van der Waals surface area contributed by atoms with Gasteiger partial charge in [0.1, 0.15) is 0 Å². The average molecular weight is 566 g/mol. The van der Waals surface area contributed by atoms with Gasteiger partial charge in [0, 0.05) is 0 Å². The molecular weight excluding hydrogens is 566 g/mol. The number of rotatable bonds is 0. The second-order valence-corrected chi connectivity index (χ2v) is 0. The second-order valence-electron chi connectivity index (χ2n) is 0. The molecule has 0 saturated heterocycles. The topological polar surface area (TPSA) is 85.5 Å². The van der Waals surface area contributed by atoms with Crippen LogP contribution < -0.4 is 0 Å². The van der Waals surface area contributed by atoms with Crippen LogP contribution in [-0.4, -0.2) is 0 Å². The summed E-state index contributed by atoms with van der Waals surface area (Å²) in [6.45, 7) is 0. The Morgan fingerprint density at radius 2 is 0.400 bits per heavy atom. The molecule has 0 fully saturated rings. The van der Waals surface area contributed by atoms with Crippen LogP contribution in [0, 0.1) is 0 Å². The molecule has 0 bridgehead atoms. The van der Waals surface area contributed by atoms with Gasteiger partial charge in [-0.2, -0.15) is 0 Å². The summed E-state index contributed by atoms with van der Waals surface area (Å²) in [6, 6.07) is 0. The van der Waals surface area contributed by atoms with Gasteiger partial charge in [-0.25, -0.2) is 0 Å². The van der Waals surface area contributed by atoms with E-state index in [1.165, 1.54) is 0 Å². The fraction of sp³-hybridized carbons (Fsp3) is 0. The van der Waals surface area contributed by atoms with Crippen molar-refractivity contribution in [3.05, 3.63) is 0 Å². The summed E-state index contributed by atoms with van der Waals surface area (Å²) in [5, 5.41) is 0. The van der Waals surface area contributed by atoms with E-state index in [1.54, 1.807) is 0 Å². The second kappa shape index (κ2) is 0.324. The molecule has 0 atom stereocenters. The van der Waals surface area contributed by atoms with Gasteiger partial charge in [-0.15, -0.1) is 0 Å². The van der Waals surface area contributed by atoms with Crippen LogP contribution in [0.25, 0.3) is 0 Å². The molecule has 5 heteroatoms. The summed E-state index contributed by atoms with van der Waals surface area (Å²) in [6.07, 6.45) is 0. The van der Waals surface area contributed by atoms with E-state index in [-0.39, 0.29) is 16.4 Å². The summed E-state index contributed by atoms with van der Waals surface area (Å²) in [5.74, 6) is 0. The van der Waals surface area contributed by atoms with Crippen molar-refractivity contribution in [3.8, 4) is 0 Å². The molecule has 0 aromatic carbocycles. The quantitative estimate of drug-likeness (QED) is 0.384. The molecule has 3 nitrogen and oxygen atoms in total. The smallest absolute Gasteiger partial charge is 0 e. The zero-order valence-electron chi connectivity index (χ0n) is 1.76. The van der Waals surface area contributed by atoms with Gasteiger partial charge in [0.15, 0.2) is 0 Å². The Balaban J connectivity index is 0. The van der Waals surface area contributed by atoms with E-state index in [4.69, 9.17) is 0 Å². The van der Waals surface area contributed by atoms with Gasteiger partial charge in [-0.1, -0.05) is 0 Å². The van der Waals surface area contributed by atoms with Crippen LogP contribution >= 0.6 is 0 Å². The van der Waals surface area contributed by atoms with Crippen molar-refractivity contribution in [2.24, 2.45) is 0 Å². The molecule has 0 aliphatic carbocycles. The molecule has 0 aliphatic heterocycles. The predicted octanol–water partition coefficient (Wildman–Crippen LogP) is -0.356. The van der Waals surface area contributed by atoms with E-state index in [9.17, 15) is 0 Å². The number of hydrogen-bond acceptors (Lipinski definition) is 0. The molecule has 0 heterocycles. The summed E-state index contributed by atoms with van der Waals surface area (Å²) in [4.78, 5) is 0. The summed E-state index contributed by atoms with van der Waals surface area (Å²) < 4.78 is 0. The Morgan fingerprint density at radius 3 is 0.400 bits per heavy atom. The molecule has 0 aliphatic rings. The third kappa shape index (κ3) is 0.00602. The maximum Gasteiger partial charge on any atom is 0 e. The molecule has 52 valence electrons. The summed E-state index contributed by atoms with van der Waals surface area (Å²) in [5.41, 5.74) is 0. The van der Waals surface area contributed by atoms with E-state index < -0.39 is 0 Å². The van der Waals surface area contributed by atoms with Crippen LogP contribution in [-0.2, 0) is 16.4 Å². The Labute approximate surface area is 17.8 Å². The molecule has 0 N–H and O–H groups in total. The van der Waals surface area contributed by atoms with E-state index in [2.05, 4.69) is 0 Å². The van der Waals surface area contributed by atoms with Crippen molar-refractivity contribution in [1.29, 1.82) is 0 Å². The van der Waals surface area contributed by atoms with E-state index in [0.717, 1.165) is 0 Å². The zero-order valence-corrected chi connectivity index (χ0v) is 6.21. The monoisotopic (exact) mass is 566 g/mol. The van der Waals surface area contributed by atoms with Gasteiger partial charge in [-0.3, -0.25) is 0 Å². The van der Waals surface area contributed by atoms with Crippen molar-refractivity contribution in [3.63, 3.8) is 0 Å². The Bertz CT molecular complexity index is 4.85. The van der Waals surface area contributed by atoms with Crippen LogP contribution in [0.4, 0.5) is 0 Å². The van der Waals surface area contributed by atoms with Crippen LogP contribution in [0.1, 0.15) is 0 Å².